The molecule has 1 aliphatic carbocycles. The van der Waals surface area contributed by atoms with E-state index in [0.29, 0.717) is 19.2 Å². The number of pyridine rings is 1. The smallest absolute Gasteiger partial charge is 0.309 e. The molecule has 2 heterocycles. The van der Waals surface area contributed by atoms with Gasteiger partial charge in [0, 0.05) is 28.8 Å². The third-order valence-electron chi connectivity index (χ3n) is 8.00. The zero-order chi connectivity index (χ0) is 27.5. The summed E-state index contributed by atoms with van der Waals surface area (Å²) >= 11 is 0. The molecule has 0 amide bonds. The van der Waals surface area contributed by atoms with Crippen molar-refractivity contribution in [2.75, 3.05) is 0 Å². The van der Waals surface area contributed by atoms with Crippen molar-refractivity contribution in [3.8, 4) is 34.0 Å². The normalized spacial score (nSPS) is 14.8. The highest BCUT2D eigenvalue weighted by molar-refractivity contribution is 6.47. The highest BCUT2D eigenvalue weighted by atomic mass is 16.5. The second kappa shape index (κ2) is 11.4. The lowest BCUT2D eigenvalue weighted by atomic mass is 9.82. The monoisotopic (exact) mass is 520 g/mol. The summed E-state index contributed by atoms with van der Waals surface area (Å²) in [6, 6.07) is 22.4. The lowest BCUT2D eigenvalue weighted by Crippen LogP contribution is -2.49. The Bertz CT molecular complexity index is 1380. The molecule has 1 fully saturated rings. The fraction of sp³-hybridized carbons (Fsp3) is 0.375. The van der Waals surface area contributed by atoms with Crippen LogP contribution in [0, 0.1) is 0 Å². The molecule has 1 N–H and O–H groups in total. The largest absolute Gasteiger partial charge is 0.427 e. The molecule has 1 aliphatic rings. The van der Waals surface area contributed by atoms with E-state index in [1.807, 2.05) is 74.6 Å². The zero-order valence-corrected chi connectivity index (χ0v) is 23.4. The van der Waals surface area contributed by atoms with Gasteiger partial charge in [-0.05, 0) is 52.7 Å². The Morgan fingerprint density at radius 1 is 0.744 bits per heavy atom. The Balaban J connectivity index is 1.37. The molecule has 6 nitrogen and oxygen atoms in total. The van der Waals surface area contributed by atoms with Gasteiger partial charge < -0.3 is 9.76 Å². The standard InChI is InChI=1S/C32H37BN4O2/c1-31(2,38)32(3,4)39-33-26-18-15-22(16-19-26)27-20-17-25(21-34-27)30-36-28(23-11-7-5-8-12-23)35-29(37-30)24-13-9-6-10-14-24/h5,7-8,11-12,15-21,24,33,38H,6,9-10,13-14H2,1-4H3. The first-order valence-electron chi connectivity index (χ1n) is 13.9. The van der Waals surface area contributed by atoms with Crippen molar-refractivity contribution in [1.82, 2.24) is 19.9 Å². The minimum absolute atomic E-state index is 0.381. The van der Waals surface area contributed by atoms with Gasteiger partial charge in [-0.15, -0.1) is 0 Å². The van der Waals surface area contributed by atoms with Gasteiger partial charge in [-0.2, -0.15) is 0 Å². The molecular weight excluding hydrogens is 483 g/mol. The first kappa shape index (κ1) is 27.2. The minimum atomic E-state index is -0.934. The molecule has 1 saturated carbocycles. The van der Waals surface area contributed by atoms with Gasteiger partial charge in [0.1, 0.15) is 5.82 Å². The van der Waals surface area contributed by atoms with Gasteiger partial charge >= 0.3 is 7.48 Å². The summed E-state index contributed by atoms with van der Waals surface area (Å²) < 4.78 is 6.00. The van der Waals surface area contributed by atoms with Gasteiger partial charge in [0.2, 0.25) is 0 Å². The van der Waals surface area contributed by atoms with Crippen molar-refractivity contribution in [2.24, 2.45) is 0 Å². The zero-order valence-electron chi connectivity index (χ0n) is 23.4. The Hall–Kier alpha value is -3.42. The summed E-state index contributed by atoms with van der Waals surface area (Å²) in [6.07, 6.45) is 7.86. The average molecular weight is 520 g/mol. The molecule has 0 unspecified atom stereocenters. The van der Waals surface area contributed by atoms with Crippen molar-refractivity contribution in [3.05, 3.63) is 78.8 Å². The summed E-state index contributed by atoms with van der Waals surface area (Å²) in [5, 5.41) is 10.3. The second-order valence-corrected chi connectivity index (χ2v) is 11.5. The first-order valence-corrected chi connectivity index (χ1v) is 13.9. The Morgan fingerprint density at radius 2 is 1.38 bits per heavy atom. The number of nitrogens with zero attached hydrogens (tertiary/aromatic N) is 4. The van der Waals surface area contributed by atoms with Crippen LogP contribution in [-0.4, -0.2) is 43.7 Å². The van der Waals surface area contributed by atoms with E-state index in [0.717, 1.165) is 52.3 Å². The molecule has 39 heavy (non-hydrogen) atoms. The van der Waals surface area contributed by atoms with Crippen LogP contribution in [0.2, 0.25) is 0 Å². The van der Waals surface area contributed by atoms with E-state index in [2.05, 4.69) is 12.1 Å². The molecule has 0 saturated heterocycles. The number of benzene rings is 2. The maximum atomic E-state index is 10.3. The molecular formula is C32H37BN4O2. The lowest BCUT2D eigenvalue weighted by molar-refractivity contribution is -0.0893. The summed E-state index contributed by atoms with van der Waals surface area (Å²) in [5.74, 6) is 2.67. The van der Waals surface area contributed by atoms with Crippen LogP contribution in [0.4, 0.5) is 0 Å². The van der Waals surface area contributed by atoms with E-state index in [1.165, 1.54) is 19.3 Å². The fourth-order valence-corrected chi connectivity index (χ4v) is 4.69. The summed E-state index contributed by atoms with van der Waals surface area (Å²) in [6.45, 7) is 7.34. The number of hydrogen-bond donors (Lipinski definition) is 1. The van der Waals surface area contributed by atoms with Crippen LogP contribution in [0.3, 0.4) is 0 Å². The first-order chi connectivity index (χ1) is 18.7. The van der Waals surface area contributed by atoms with Gasteiger partial charge in [-0.1, -0.05) is 79.3 Å². The average Bonchev–Trinajstić information content (AvgIpc) is 2.97. The van der Waals surface area contributed by atoms with Gasteiger partial charge in [0.15, 0.2) is 11.6 Å². The lowest BCUT2D eigenvalue weighted by Gasteiger charge is -2.37. The molecule has 0 radical (unpaired) electrons. The van der Waals surface area contributed by atoms with Crippen LogP contribution in [0.25, 0.3) is 34.0 Å². The van der Waals surface area contributed by atoms with E-state index in [1.54, 1.807) is 13.8 Å². The van der Waals surface area contributed by atoms with E-state index >= 15 is 0 Å². The van der Waals surface area contributed by atoms with Crippen LogP contribution >= 0.6 is 0 Å². The van der Waals surface area contributed by atoms with Crippen LogP contribution in [0.1, 0.15) is 71.5 Å². The Labute approximate surface area is 232 Å². The summed E-state index contributed by atoms with van der Waals surface area (Å²) in [7, 11) is 0.427. The quantitative estimate of drug-likeness (QED) is 0.293. The van der Waals surface area contributed by atoms with Crippen molar-refractivity contribution in [1.29, 1.82) is 0 Å². The predicted molar refractivity (Wildman–Crippen MR) is 158 cm³/mol. The van der Waals surface area contributed by atoms with Gasteiger partial charge in [-0.3, -0.25) is 4.98 Å². The van der Waals surface area contributed by atoms with E-state index in [9.17, 15) is 5.11 Å². The number of aromatic nitrogens is 4. The fourth-order valence-electron chi connectivity index (χ4n) is 4.69. The molecule has 5 rings (SSSR count). The van der Waals surface area contributed by atoms with Gasteiger partial charge in [0.05, 0.1) is 16.9 Å². The SMILES string of the molecule is CC(C)(O)C(C)(C)OBc1ccc(-c2ccc(-c3nc(-c4ccccc4)nc(C4CCCCC4)n3)cn2)cc1. The summed E-state index contributed by atoms with van der Waals surface area (Å²) in [4.78, 5) is 19.4. The molecule has 7 heteroatoms. The Morgan fingerprint density at radius 3 is 2.00 bits per heavy atom. The van der Waals surface area contributed by atoms with Gasteiger partial charge in [-0.25, -0.2) is 15.0 Å². The molecule has 200 valence electrons. The van der Waals surface area contributed by atoms with E-state index < -0.39 is 11.2 Å². The maximum absolute atomic E-state index is 10.3. The van der Waals surface area contributed by atoms with Crippen molar-refractivity contribution in [3.63, 3.8) is 0 Å². The molecule has 0 atom stereocenters. The van der Waals surface area contributed by atoms with E-state index in [-0.39, 0.29) is 0 Å². The van der Waals surface area contributed by atoms with Gasteiger partial charge in [0.25, 0.3) is 0 Å². The topological polar surface area (TPSA) is 81.0 Å². The van der Waals surface area contributed by atoms with Crippen LogP contribution in [0.15, 0.2) is 72.9 Å². The molecule has 0 bridgehead atoms. The van der Waals surface area contributed by atoms with Crippen LogP contribution in [-0.2, 0) is 4.65 Å². The summed E-state index contributed by atoms with van der Waals surface area (Å²) in [5.41, 5.74) is 3.24. The van der Waals surface area contributed by atoms with Crippen molar-refractivity contribution < 1.29 is 9.76 Å². The number of aliphatic hydroxyl groups is 1. The minimum Gasteiger partial charge on any atom is -0.427 e. The third-order valence-corrected chi connectivity index (χ3v) is 8.00. The number of rotatable bonds is 8. The Kier molecular flexibility index (Phi) is 7.92. The van der Waals surface area contributed by atoms with E-state index in [4.69, 9.17) is 24.6 Å². The highest BCUT2D eigenvalue weighted by Gasteiger charge is 2.35. The molecule has 2 aromatic heterocycles. The van der Waals surface area contributed by atoms with Crippen molar-refractivity contribution >= 4 is 12.9 Å². The molecule has 4 aromatic rings. The highest BCUT2D eigenvalue weighted by Crippen LogP contribution is 2.33. The third kappa shape index (κ3) is 6.43. The predicted octanol–water partition coefficient (Wildman–Crippen LogP) is 5.86. The molecule has 0 aliphatic heterocycles. The molecule has 2 aromatic carbocycles. The van der Waals surface area contributed by atoms with Crippen LogP contribution in [0.5, 0.6) is 0 Å². The second-order valence-electron chi connectivity index (χ2n) is 11.5. The van der Waals surface area contributed by atoms with Crippen molar-refractivity contribution in [2.45, 2.75) is 76.9 Å². The maximum Gasteiger partial charge on any atom is 0.309 e. The molecule has 0 spiro atoms. The van der Waals surface area contributed by atoms with Crippen LogP contribution < -0.4 is 5.46 Å². The number of hydrogen-bond acceptors (Lipinski definition) is 6.